The molecule has 0 saturated carbocycles. The van der Waals surface area contributed by atoms with E-state index < -0.39 is 0 Å². The molecule has 0 aromatic carbocycles. The molecule has 13 heavy (non-hydrogen) atoms. The summed E-state index contributed by atoms with van der Waals surface area (Å²) in [6, 6.07) is 0.206. The maximum Gasteiger partial charge on any atom is 0.146 e. The van der Waals surface area contributed by atoms with Crippen LogP contribution in [0.25, 0.3) is 0 Å². The van der Waals surface area contributed by atoms with E-state index in [1.807, 2.05) is 0 Å². The van der Waals surface area contributed by atoms with Crippen LogP contribution in [0.1, 0.15) is 34.1 Å². The Balaban J connectivity index is 2.55. The first-order chi connectivity index (χ1) is 6.00. The number of carbonyl (C=O) groups is 1. The lowest BCUT2D eigenvalue weighted by atomic mass is 10.1. The molecule has 2 nitrogen and oxygen atoms in total. The van der Waals surface area contributed by atoms with Gasteiger partial charge in [-0.3, -0.25) is 9.69 Å². The first-order valence-electron chi connectivity index (χ1n) is 5.25. The fraction of sp³-hybridized carbons (Fsp3) is 0.909. The summed E-state index contributed by atoms with van der Waals surface area (Å²) in [7, 11) is 0. The normalized spacial score (nSPS) is 29.9. The maximum atomic E-state index is 11.3. The van der Waals surface area contributed by atoms with E-state index >= 15 is 0 Å². The van der Waals surface area contributed by atoms with Crippen molar-refractivity contribution in [2.24, 2.45) is 11.8 Å². The van der Waals surface area contributed by atoms with E-state index in [-0.39, 0.29) is 6.04 Å². The third-order valence-corrected chi connectivity index (χ3v) is 2.68. The summed E-state index contributed by atoms with van der Waals surface area (Å²) in [6.07, 6.45) is 1.06. The van der Waals surface area contributed by atoms with Crippen molar-refractivity contribution >= 4 is 5.78 Å². The minimum Gasteiger partial charge on any atom is -0.298 e. The van der Waals surface area contributed by atoms with Crippen molar-refractivity contribution in [1.29, 1.82) is 0 Å². The Morgan fingerprint density at radius 1 is 1.54 bits per heavy atom. The topological polar surface area (TPSA) is 20.3 Å². The Morgan fingerprint density at radius 3 is 2.62 bits per heavy atom. The van der Waals surface area contributed by atoms with Crippen LogP contribution in [-0.2, 0) is 4.79 Å². The molecule has 0 N–H and O–H groups in total. The predicted molar refractivity (Wildman–Crippen MR) is 54.7 cm³/mol. The van der Waals surface area contributed by atoms with Crippen LogP contribution >= 0.6 is 0 Å². The summed E-state index contributed by atoms with van der Waals surface area (Å²) in [6.45, 7) is 10.5. The molecule has 1 fully saturated rings. The van der Waals surface area contributed by atoms with E-state index in [9.17, 15) is 4.79 Å². The van der Waals surface area contributed by atoms with E-state index in [0.717, 1.165) is 19.5 Å². The Bertz CT molecular complexity index is 189. The third-order valence-electron chi connectivity index (χ3n) is 2.68. The van der Waals surface area contributed by atoms with Gasteiger partial charge in [-0.1, -0.05) is 20.8 Å². The fourth-order valence-electron chi connectivity index (χ4n) is 2.23. The van der Waals surface area contributed by atoms with E-state index in [4.69, 9.17) is 0 Å². The molecular formula is C11H21NO. The molecule has 1 rings (SSSR count). The summed E-state index contributed by atoms with van der Waals surface area (Å²) < 4.78 is 0. The van der Waals surface area contributed by atoms with Gasteiger partial charge in [-0.05, 0) is 25.2 Å². The third kappa shape index (κ3) is 2.80. The van der Waals surface area contributed by atoms with Crippen LogP contribution in [-0.4, -0.2) is 29.8 Å². The second-order valence-electron chi connectivity index (χ2n) is 4.82. The van der Waals surface area contributed by atoms with Crippen molar-refractivity contribution < 1.29 is 4.79 Å². The number of hydrogen-bond acceptors (Lipinski definition) is 2. The molecule has 0 aromatic rings. The summed E-state index contributed by atoms with van der Waals surface area (Å²) in [5, 5.41) is 0. The van der Waals surface area contributed by atoms with Gasteiger partial charge < -0.3 is 0 Å². The molecule has 0 unspecified atom stereocenters. The van der Waals surface area contributed by atoms with E-state index in [1.165, 1.54) is 0 Å². The van der Waals surface area contributed by atoms with Crippen LogP contribution in [0.3, 0.4) is 0 Å². The number of rotatable bonds is 3. The quantitative estimate of drug-likeness (QED) is 0.666. The lowest BCUT2D eigenvalue weighted by Gasteiger charge is -2.23. The van der Waals surface area contributed by atoms with Gasteiger partial charge in [0.25, 0.3) is 0 Å². The van der Waals surface area contributed by atoms with Crippen LogP contribution in [0.5, 0.6) is 0 Å². The van der Waals surface area contributed by atoms with Crippen molar-refractivity contribution in [3.63, 3.8) is 0 Å². The van der Waals surface area contributed by atoms with Gasteiger partial charge >= 0.3 is 0 Å². The molecule has 2 heteroatoms. The van der Waals surface area contributed by atoms with Crippen molar-refractivity contribution in [2.45, 2.75) is 40.2 Å². The molecule has 0 bridgehead atoms. The highest BCUT2D eigenvalue weighted by atomic mass is 16.1. The second-order valence-corrected chi connectivity index (χ2v) is 4.82. The molecule has 0 spiro atoms. The SMILES string of the molecule is CC(=O)[C@@H]1C[C@H](C)CN1CC(C)C. The number of carbonyl (C=O) groups excluding carboxylic acids is 1. The lowest BCUT2D eigenvalue weighted by Crippen LogP contribution is -2.37. The van der Waals surface area contributed by atoms with Gasteiger partial charge in [-0.15, -0.1) is 0 Å². The van der Waals surface area contributed by atoms with Gasteiger partial charge in [0.15, 0.2) is 0 Å². The standard InChI is InChI=1S/C11H21NO/c1-8(2)6-12-7-9(3)5-11(12)10(4)13/h8-9,11H,5-7H2,1-4H3/t9-,11-/m0/s1. The van der Waals surface area contributed by atoms with Crippen LogP contribution in [0.4, 0.5) is 0 Å². The Kier molecular flexibility index (Phi) is 3.48. The Hall–Kier alpha value is -0.370. The average Bonchev–Trinajstić information content (AvgIpc) is 2.29. The summed E-state index contributed by atoms with van der Waals surface area (Å²) in [5.74, 6) is 1.69. The Labute approximate surface area is 81.3 Å². The molecule has 0 amide bonds. The maximum absolute atomic E-state index is 11.3. The van der Waals surface area contributed by atoms with Gasteiger partial charge in [0.05, 0.1) is 6.04 Å². The lowest BCUT2D eigenvalue weighted by molar-refractivity contribution is -0.121. The van der Waals surface area contributed by atoms with Gasteiger partial charge in [0.1, 0.15) is 5.78 Å². The average molecular weight is 183 g/mol. The zero-order valence-electron chi connectivity index (χ0n) is 9.21. The van der Waals surface area contributed by atoms with E-state index in [0.29, 0.717) is 17.6 Å². The van der Waals surface area contributed by atoms with Crippen molar-refractivity contribution in [1.82, 2.24) is 4.90 Å². The summed E-state index contributed by atoms with van der Waals surface area (Å²) in [5.41, 5.74) is 0. The highest BCUT2D eigenvalue weighted by molar-refractivity contribution is 5.81. The Morgan fingerprint density at radius 2 is 2.15 bits per heavy atom. The number of likely N-dealkylation sites (tertiary alicyclic amines) is 1. The number of ketones is 1. The number of hydrogen-bond donors (Lipinski definition) is 0. The van der Waals surface area contributed by atoms with Gasteiger partial charge in [0, 0.05) is 13.1 Å². The van der Waals surface area contributed by atoms with Crippen LogP contribution in [0.2, 0.25) is 0 Å². The smallest absolute Gasteiger partial charge is 0.146 e. The zero-order valence-corrected chi connectivity index (χ0v) is 9.21. The monoisotopic (exact) mass is 183 g/mol. The van der Waals surface area contributed by atoms with Crippen LogP contribution < -0.4 is 0 Å². The molecule has 0 radical (unpaired) electrons. The van der Waals surface area contributed by atoms with E-state index in [1.54, 1.807) is 6.92 Å². The molecular weight excluding hydrogens is 162 g/mol. The molecule has 1 aliphatic rings. The van der Waals surface area contributed by atoms with Crippen LogP contribution in [0.15, 0.2) is 0 Å². The minimum atomic E-state index is 0.206. The number of Topliss-reactive ketones (excluding diaryl/α,β-unsaturated/α-hetero) is 1. The highest BCUT2D eigenvalue weighted by Gasteiger charge is 2.32. The van der Waals surface area contributed by atoms with Gasteiger partial charge in [-0.25, -0.2) is 0 Å². The fourth-order valence-corrected chi connectivity index (χ4v) is 2.23. The van der Waals surface area contributed by atoms with Crippen molar-refractivity contribution in [2.75, 3.05) is 13.1 Å². The van der Waals surface area contributed by atoms with Crippen molar-refractivity contribution in [3.05, 3.63) is 0 Å². The first kappa shape index (κ1) is 10.7. The van der Waals surface area contributed by atoms with Crippen LogP contribution in [0, 0.1) is 11.8 Å². The minimum absolute atomic E-state index is 0.206. The molecule has 0 aromatic heterocycles. The molecule has 1 aliphatic heterocycles. The second kappa shape index (κ2) is 4.23. The molecule has 76 valence electrons. The van der Waals surface area contributed by atoms with Gasteiger partial charge in [0.2, 0.25) is 0 Å². The largest absolute Gasteiger partial charge is 0.298 e. The highest BCUT2D eigenvalue weighted by Crippen LogP contribution is 2.24. The summed E-state index contributed by atoms with van der Waals surface area (Å²) in [4.78, 5) is 13.7. The molecule has 0 aliphatic carbocycles. The molecule has 2 atom stereocenters. The molecule has 1 saturated heterocycles. The van der Waals surface area contributed by atoms with Gasteiger partial charge in [-0.2, -0.15) is 0 Å². The first-order valence-corrected chi connectivity index (χ1v) is 5.25. The summed E-state index contributed by atoms with van der Waals surface area (Å²) >= 11 is 0. The van der Waals surface area contributed by atoms with Crippen molar-refractivity contribution in [3.8, 4) is 0 Å². The predicted octanol–water partition coefficient (Wildman–Crippen LogP) is 1.94. The van der Waals surface area contributed by atoms with E-state index in [2.05, 4.69) is 25.7 Å². The zero-order chi connectivity index (χ0) is 10.0. The number of nitrogens with zero attached hydrogens (tertiary/aromatic N) is 1. The molecule has 1 heterocycles.